The highest BCUT2D eigenvalue weighted by Crippen LogP contribution is 2.29. The van der Waals surface area contributed by atoms with Crippen LogP contribution in [0.4, 0.5) is 5.69 Å². The maximum Gasteiger partial charge on any atom is 0.258 e. The van der Waals surface area contributed by atoms with Gasteiger partial charge in [0, 0.05) is 24.9 Å². The van der Waals surface area contributed by atoms with Crippen LogP contribution in [0.5, 0.6) is 0 Å². The molecule has 0 saturated heterocycles. The summed E-state index contributed by atoms with van der Waals surface area (Å²) in [6, 6.07) is 6.19. The average molecular weight is 273 g/mol. The third kappa shape index (κ3) is 2.29. The van der Waals surface area contributed by atoms with Crippen LogP contribution in [0.3, 0.4) is 0 Å². The number of hydrogen-bond donors (Lipinski definition) is 1. The van der Waals surface area contributed by atoms with Crippen LogP contribution in [0.25, 0.3) is 11.5 Å². The molecule has 2 aromatic rings. The molecule has 1 aliphatic rings. The summed E-state index contributed by atoms with van der Waals surface area (Å²) in [5.74, 6) is 1.46. The van der Waals surface area contributed by atoms with Gasteiger partial charge in [-0.05, 0) is 36.1 Å². The van der Waals surface area contributed by atoms with Gasteiger partial charge in [-0.25, -0.2) is 0 Å². The topological polar surface area (TPSA) is 60.2 Å². The second-order valence-corrected chi connectivity index (χ2v) is 5.41. The fraction of sp³-hybridized carbons (Fsp3) is 0.467. The fourth-order valence-corrected chi connectivity index (χ4v) is 2.58. The Morgan fingerprint density at radius 2 is 2.20 bits per heavy atom. The second kappa shape index (κ2) is 5.25. The van der Waals surface area contributed by atoms with E-state index in [4.69, 9.17) is 9.26 Å². The van der Waals surface area contributed by atoms with Crippen LogP contribution in [0.2, 0.25) is 0 Å². The summed E-state index contributed by atoms with van der Waals surface area (Å²) < 4.78 is 10.8. The standard InChI is InChI=1S/C15H19N3O2/c1-9(2)13(19-3)14-17-15(20-18-14)11-4-5-12-10(8-11)6-7-16-12/h4-5,8-9,13,16H,6-7H2,1-3H3. The van der Waals surface area contributed by atoms with Crippen molar-refractivity contribution in [2.75, 3.05) is 19.0 Å². The Balaban J connectivity index is 1.90. The molecule has 0 radical (unpaired) electrons. The molecule has 0 bridgehead atoms. The molecule has 106 valence electrons. The van der Waals surface area contributed by atoms with Gasteiger partial charge < -0.3 is 14.6 Å². The number of nitrogens with one attached hydrogen (secondary N) is 1. The first-order valence-electron chi connectivity index (χ1n) is 6.92. The van der Waals surface area contributed by atoms with Gasteiger partial charge >= 0.3 is 0 Å². The van der Waals surface area contributed by atoms with Crippen LogP contribution in [0, 0.1) is 5.92 Å². The smallest absolute Gasteiger partial charge is 0.258 e. The first-order chi connectivity index (χ1) is 9.69. The molecule has 5 nitrogen and oxygen atoms in total. The van der Waals surface area contributed by atoms with Crippen molar-refractivity contribution in [2.45, 2.75) is 26.4 Å². The molecular weight excluding hydrogens is 254 g/mol. The maximum atomic E-state index is 5.43. The molecule has 1 aliphatic heterocycles. The number of methoxy groups -OCH3 is 1. The summed E-state index contributed by atoms with van der Waals surface area (Å²) in [6.45, 7) is 5.14. The Hall–Kier alpha value is -1.88. The third-order valence-corrected chi connectivity index (χ3v) is 3.62. The Morgan fingerprint density at radius 1 is 1.35 bits per heavy atom. The number of anilines is 1. The molecule has 0 fully saturated rings. The number of fused-ring (bicyclic) bond motifs is 1. The minimum absolute atomic E-state index is 0.136. The van der Waals surface area contributed by atoms with Gasteiger partial charge in [0.1, 0.15) is 6.10 Å². The molecule has 3 rings (SSSR count). The number of aromatic nitrogens is 2. The van der Waals surface area contributed by atoms with Crippen molar-refractivity contribution in [3.05, 3.63) is 29.6 Å². The molecule has 0 saturated carbocycles. The monoisotopic (exact) mass is 273 g/mol. The van der Waals surface area contributed by atoms with Gasteiger partial charge in [0.15, 0.2) is 0 Å². The number of nitrogens with zero attached hydrogens (tertiary/aromatic N) is 2. The van der Waals surface area contributed by atoms with Crippen LogP contribution in [-0.2, 0) is 11.2 Å². The van der Waals surface area contributed by atoms with Crippen molar-refractivity contribution in [1.82, 2.24) is 10.1 Å². The fourth-order valence-electron chi connectivity index (χ4n) is 2.58. The van der Waals surface area contributed by atoms with Crippen LogP contribution in [0.1, 0.15) is 31.3 Å². The van der Waals surface area contributed by atoms with E-state index in [1.54, 1.807) is 7.11 Å². The van der Waals surface area contributed by atoms with Gasteiger partial charge in [-0.15, -0.1) is 0 Å². The Bertz CT molecular complexity index is 607. The van der Waals surface area contributed by atoms with Gasteiger partial charge in [0.2, 0.25) is 5.82 Å². The van der Waals surface area contributed by atoms with Crippen LogP contribution in [0.15, 0.2) is 22.7 Å². The average Bonchev–Trinajstić information content (AvgIpc) is 3.06. The van der Waals surface area contributed by atoms with Gasteiger partial charge in [0.05, 0.1) is 0 Å². The Kier molecular flexibility index (Phi) is 3.44. The van der Waals surface area contributed by atoms with Crippen molar-refractivity contribution in [1.29, 1.82) is 0 Å². The number of ether oxygens (including phenoxy) is 1. The first kappa shape index (κ1) is 13.1. The van der Waals surface area contributed by atoms with E-state index in [1.807, 2.05) is 6.07 Å². The molecular formula is C15H19N3O2. The minimum Gasteiger partial charge on any atom is -0.384 e. The summed E-state index contributed by atoms with van der Waals surface area (Å²) in [5.41, 5.74) is 3.46. The molecule has 1 unspecified atom stereocenters. The van der Waals surface area contributed by atoms with E-state index in [1.165, 1.54) is 11.3 Å². The molecule has 20 heavy (non-hydrogen) atoms. The molecule has 0 aliphatic carbocycles. The predicted octanol–water partition coefficient (Wildman–Crippen LogP) is 3.05. The van der Waals surface area contributed by atoms with Crippen molar-refractivity contribution in [3.63, 3.8) is 0 Å². The lowest BCUT2D eigenvalue weighted by Crippen LogP contribution is -2.10. The zero-order chi connectivity index (χ0) is 14.1. The zero-order valence-corrected chi connectivity index (χ0v) is 12.0. The molecule has 2 heterocycles. The van der Waals surface area contributed by atoms with E-state index in [0.717, 1.165) is 18.5 Å². The summed E-state index contributed by atoms with van der Waals surface area (Å²) in [7, 11) is 1.67. The maximum absolute atomic E-state index is 5.43. The Morgan fingerprint density at radius 3 is 2.95 bits per heavy atom. The van der Waals surface area contributed by atoms with E-state index in [9.17, 15) is 0 Å². The largest absolute Gasteiger partial charge is 0.384 e. The minimum atomic E-state index is -0.136. The number of benzene rings is 1. The molecule has 1 atom stereocenters. The highest BCUT2D eigenvalue weighted by molar-refractivity contribution is 5.64. The molecule has 1 aromatic heterocycles. The van der Waals surface area contributed by atoms with Crippen LogP contribution in [-0.4, -0.2) is 23.8 Å². The SMILES string of the molecule is COC(c1noc(-c2ccc3c(c2)CCN3)n1)C(C)C. The lowest BCUT2D eigenvalue weighted by Gasteiger charge is -2.14. The predicted molar refractivity (Wildman–Crippen MR) is 76.5 cm³/mol. The third-order valence-electron chi connectivity index (χ3n) is 3.62. The summed E-state index contributed by atoms with van der Waals surface area (Å²) in [5, 5.41) is 7.39. The highest BCUT2D eigenvalue weighted by Gasteiger charge is 2.22. The van der Waals surface area contributed by atoms with Gasteiger partial charge in [-0.1, -0.05) is 19.0 Å². The number of rotatable bonds is 4. The van der Waals surface area contributed by atoms with E-state index < -0.39 is 0 Å². The quantitative estimate of drug-likeness (QED) is 0.927. The van der Waals surface area contributed by atoms with Crippen molar-refractivity contribution >= 4 is 5.69 Å². The molecule has 0 spiro atoms. The highest BCUT2D eigenvalue weighted by atomic mass is 16.5. The molecule has 0 amide bonds. The second-order valence-electron chi connectivity index (χ2n) is 5.41. The van der Waals surface area contributed by atoms with Gasteiger partial charge in [-0.3, -0.25) is 0 Å². The van der Waals surface area contributed by atoms with E-state index in [2.05, 4.69) is 41.4 Å². The summed E-state index contributed by atoms with van der Waals surface area (Å²) >= 11 is 0. The summed E-state index contributed by atoms with van der Waals surface area (Å²) in [4.78, 5) is 4.48. The summed E-state index contributed by atoms with van der Waals surface area (Å²) in [6.07, 6.45) is 0.903. The van der Waals surface area contributed by atoms with Crippen LogP contribution < -0.4 is 5.32 Å². The molecule has 1 aromatic carbocycles. The van der Waals surface area contributed by atoms with Crippen molar-refractivity contribution in [3.8, 4) is 11.5 Å². The Labute approximate surface area is 118 Å². The van der Waals surface area contributed by atoms with E-state index in [-0.39, 0.29) is 6.10 Å². The molecule has 1 N–H and O–H groups in total. The first-order valence-corrected chi connectivity index (χ1v) is 6.92. The van der Waals surface area contributed by atoms with Crippen molar-refractivity contribution < 1.29 is 9.26 Å². The lowest BCUT2D eigenvalue weighted by atomic mass is 10.1. The number of hydrogen-bond acceptors (Lipinski definition) is 5. The molecule has 5 heteroatoms. The lowest BCUT2D eigenvalue weighted by molar-refractivity contribution is 0.0556. The zero-order valence-electron chi connectivity index (χ0n) is 12.0. The van der Waals surface area contributed by atoms with E-state index >= 15 is 0 Å². The van der Waals surface area contributed by atoms with Crippen LogP contribution >= 0.6 is 0 Å². The normalized spacial score (nSPS) is 15.2. The van der Waals surface area contributed by atoms with E-state index in [0.29, 0.717) is 17.6 Å². The van der Waals surface area contributed by atoms with Gasteiger partial charge in [-0.2, -0.15) is 4.98 Å². The van der Waals surface area contributed by atoms with Crippen molar-refractivity contribution in [2.24, 2.45) is 5.92 Å². The van der Waals surface area contributed by atoms with Gasteiger partial charge in [0.25, 0.3) is 5.89 Å².